The molecule has 10 heteroatoms. The first-order valence-electron chi connectivity index (χ1n) is 10.0. The van der Waals surface area contributed by atoms with Crippen molar-refractivity contribution in [1.82, 2.24) is 9.71 Å². The Balaban J connectivity index is 1.76. The van der Waals surface area contributed by atoms with Gasteiger partial charge < -0.3 is 0 Å². The van der Waals surface area contributed by atoms with Gasteiger partial charge in [-0.2, -0.15) is 13.2 Å². The number of fused-ring (bicyclic) bond motifs is 2. The maximum absolute atomic E-state index is 14.0. The van der Waals surface area contributed by atoms with E-state index in [1.54, 1.807) is 44.4 Å². The molecule has 1 N–H and O–H groups in total. The topological polar surface area (TPSA) is 59.1 Å². The highest BCUT2D eigenvalue weighted by Gasteiger charge is 2.42. The van der Waals surface area contributed by atoms with Crippen molar-refractivity contribution in [3.05, 3.63) is 82.9 Å². The molecule has 0 unspecified atom stereocenters. The molecule has 0 amide bonds. The predicted molar refractivity (Wildman–Crippen MR) is 117 cm³/mol. The highest BCUT2D eigenvalue weighted by molar-refractivity contribution is 7.99. The Kier molecular flexibility index (Phi) is 6.05. The quantitative estimate of drug-likeness (QED) is 0.471. The Labute approximate surface area is 193 Å². The van der Waals surface area contributed by atoms with Gasteiger partial charge in [-0.25, -0.2) is 17.5 Å². The van der Waals surface area contributed by atoms with Crippen molar-refractivity contribution in [3.8, 4) is 0 Å². The number of rotatable bonds is 5. The van der Waals surface area contributed by atoms with Crippen LogP contribution >= 0.6 is 11.8 Å². The molecule has 1 aliphatic heterocycles. The van der Waals surface area contributed by atoms with E-state index in [2.05, 4.69) is 9.71 Å². The van der Waals surface area contributed by atoms with Crippen molar-refractivity contribution < 1.29 is 26.0 Å². The molecule has 4 rings (SSSR count). The van der Waals surface area contributed by atoms with E-state index >= 15 is 0 Å². The average Bonchev–Trinajstić information content (AvgIpc) is 2.72. The predicted octanol–water partition coefficient (Wildman–Crippen LogP) is 5.55. The number of halogens is 4. The number of nitrogens with zero attached hydrogens (tertiary/aromatic N) is 1. The van der Waals surface area contributed by atoms with Crippen molar-refractivity contribution in [2.24, 2.45) is 0 Å². The molecule has 0 radical (unpaired) electrons. The number of alkyl halides is 3. The SMILES string of the molecule is CC1(C)c2ccc(F)cc2Sc2cc(S(=O)(=O)NCCc3cccnc3)c(C(F)(F)F)cc21. The fourth-order valence-corrected chi connectivity index (χ4v) is 6.67. The van der Waals surface area contributed by atoms with Gasteiger partial charge in [0.05, 0.1) is 10.5 Å². The van der Waals surface area contributed by atoms with E-state index in [1.807, 2.05) is 0 Å². The van der Waals surface area contributed by atoms with Gasteiger partial charge in [0.1, 0.15) is 5.82 Å². The summed E-state index contributed by atoms with van der Waals surface area (Å²) < 4.78 is 83.9. The summed E-state index contributed by atoms with van der Waals surface area (Å²) in [6.07, 6.45) is -1.48. The summed E-state index contributed by atoms with van der Waals surface area (Å²) >= 11 is 1.06. The zero-order chi connectivity index (χ0) is 24.0. The van der Waals surface area contributed by atoms with Gasteiger partial charge in [0, 0.05) is 34.1 Å². The van der Waals surface area contributed by atoms with Crippen LogP contribution in [0.2, 0.25) is 0 Å². The first kappa shape index (κ1) is 23.7. The van der Waals surface area contributed by atoms with Crippen LogP contribution < -0.4 is 4.72 Å². The number of benzene rings is 2. The minimum absolute atomic E-state index is 0.0882. The number of pyridine rings is 1. The average molecular weight is 497 g/mol. The summed E-state index contributed by atoms with van der Waals surface area (Å²) in [7, 11) is -4.48. The maximum atomic E-state index is 14.0. The fourth-order valence-electron chi connectivity index (χ4n) is 3.89. The summed E-state index contributed by atoms with van der Waals surface area (Å²) in [5.74, 6) is -0.475. The van der Waals surface area contributed by atoms with Gasteiger partial charge in [0.2, 0.25) is 10.0 Å². The van der Waals surface area contributed by atoms with Crippen LogP contribution in [-0.2, 0) is 28.0 Å². The van der Waals surface area contributed by atoms with E-state index in [9.17, 15) is 26.0 Å². The summed E-state index contributed by atoms with van der Waals surface area (Å²) in [5, 5.41) is 0. The van der Waals surface area contributed by atoms with E-state index in [4.69, 9.17) is 0 Å². The molecule has 174 valence electrons. The van der Waals surface area contributed by atoms with Gasteiger partial charge >= 0.3 is 6.18 Å². The zero-order valence-electron chi connectivity index (χ0n) is 17.7. The Morgan fingerprint density at radius 3 is 2.45 bits per heavy atom. The van der Waals surface area contributed by atoms with Crippen LogP contribution in [0.3, 0.4) is 0 Å². The third-order valence-electron chi connectivity index (χ3n) is 5.62. The minimum Gasteiger partial charge on any atom is -0.264 e. The van der Waals surface area contributed by atoms with Gasteiger partial charge in [-0.3, -0.25) is 4.98 Å². The second-order valence-electron chi connectivity index (χ2n) is 8.22. The molecule has 0 aliphatic carbocycles. The molecule has 1 aromatic heterocycles. The van der Waals surface area contributed by atoms with E-state index < -0.39 is 37.9 Å². The normalized spacial score (nSPS) is 15.1. The summed E-state index contributed by atoms with van der Waals surface area (Å²) in [6.45, 7) is 3.39. The van der Waals surface area contributed by atoms with E-state index in [-0.39, 0.29) is 13.0 Å². The molecular weight excluding hydrogens is 476 g/mol. The lowest BCUT2D eigenvalue weighted by Crippen LogP contribution is -2.30. The Morgan fingerprint density at radius 2 is 1.79 bits per heavy atom. The Bertz CT molecular complexity index is 1310. The van der Waals surface area contributed by atoms with Crippen molar-refractivity contribution in [2.45, 2.75) is 46.5 Å². The van der Waals surface area contributed by atoms with Gasteiger partial charge in [0.25, 0.3) is 0 Å². The van der Waals surface area contributed by atoms with Crippen molar-refractivity contribution in [2.75, 3.05) is 6.54 Å². The first-order valence-corrected chi connectivity index (χ1v) is 12.3. The second-order valence-corrected chi connectivity index (χ2v) is 11.0. The minimum atomic E-state index is -4.88. The monoisotopic (exact) mass is 496 g/mol. The molecule has 33 heavy (non-hydrogen) atoms. The van der Waals surface area contributed by atoms with Gasteiger partial charge in [-0.1, -0.05) is 37.7 Å². The summed E-state index contributed by atoms with van der Waals surface area (Å²) in [4.78, 5) is 3.98. The number of hydrogen-bond donors (Lipinski definition) is 1. The Hall–Kier alpha value is -2.43. The standard InChI is InChI=1S/C23H20F4N2O2S2/c1-22(2)16-6-5-15(24)10-19(16)32-20-12-21(18(11-17(20)22)23(25,26)27)33(30,31)29-9-7-14-4-3-8-28-13-14/h3-6,8,10-13,29H,7,9H2,1-2H3. The third kappa shape index (κ3) is 4.64. The van der Waals surface area contributed by atoms with Crippen molar-refractivity contribution in [3.63, 3.8) is 0 Å². The highest BCUT2D eigenvalue weighted by Crippen LogP contribution is 2.51. The van der Waals surface area contributed by atoms with E-state index in [1.165, 1.54) is 12.1 Å². The molecule has 4 nitrogen and oxygen atoms in total. The fraction of sp³-hybridized carbons (Fsp3) is 0.261. The molecular formula is C23H20F4N2O2S2. The molecule has 0 saturated carbocycles. The zero-order valence-corrected chi connectivity index (χ0v) is 19.3. The van der Waals surface area contributed by atoms with Crippen LogP contribution in [0.5, 0.6) is 0 Å². The van der Waals surface area contributed by atoms with Crippen molar-refractivity contribution >= 4 is 21.8 Å². The lowest BCUT2D eigenvalue weighted by Gasteiger charge is -2.35. The third-order valence-corrected chi connectivity index (χ3v) is 8.23. The summed E-state index contributed by atoms with van der Waals surface area (Å²) in [6, 6.07) is 9.52. The van der Waals surface area contributed by atoms with Crippen molar-refractivity contribution in [1.29, 1.82) is 0 Å². The molecule has 0 bridgehead atoms. The molecule has 1 aliphatic rings. The van der Waals surface area contributed by atoms with E-state index in [0.29, 0.717) is 20.9 Å². The van der Waals surface area contributed by atoms with Gasteiger partial charge in [-0.05, 0) is 53.4 Å². The van der Waals surface area contributed by atoms with Crippen LogP contribution in [0.1, 0.15) is 36.1 Å². The molecule has 2 heterocycles. The number of sulfonamides is 1. The highest BCUT2D eigenvalue weighted by atomic mass is 32.2. The van der Waals surface area contributed by atoms with Gasteiger partial charge in [-0.15, -0.1) is 0 Å². The number of nitrogens with one attached hydrogen (secondary N) is 1. The van der Waals surface area contributed by atoms with Crippen LogP contribution in [-0.4, -0.2) is 19.9 Å². The number of aromatic nitrogens is 1. The molecule has 0 atom stereocenters. The molecule has 3 aromatic rings. The van der Waals surface area contributed by atoms with Crippen LogP contribution in [0, 0.1) is 5.82 Å². The van der Waals surface area contributed by atoms with Crippen LogP contribution in [0.4, 0.5) is 17.6 Å². The first-order chi connectivity index (χ1) is 15.4. The van der Waals surface area contributed by atoms with Gasteiger partial charge in [0.15, 0.2) is 0 Å². The molecule has 0 fully saturated rings. The maximum Gasteiger partial charge on any atom is 0.417 e. The lowest BCUT2D eigenvalue weighted by molar-refractivity contribution is -0.140. The molecule has 0 spiro atoms. The Morgan fingerprint density at radius 1 is 1.06 bits per heavy atom. The summed E-state index contributed by atoms with van der Waals surface area (Å²) in [5.41, 5.74) is -0.334. The molecule has 2 aromatic carbocycles. The van der Waals surface area contributed by atoms with Crippen LogP contribution in [0.15, 0.2) is 69.5 Å². The second kappa shape index (κ2) is 8.41. The smallest absolute Gasteiger partial charge is 0.264 e. The lowest BCUT2D eigenvalue weighted by atomic mass is 9.77. The van der Waals surface area contributed by atoms with Crippen LogP contribution in [0.25, 0.3) is 0 Å². The largest absolute Gasteiger partial charge is 0.417 e. The number of hydrogen-bond acceptors (Lipinski definition) is 4. The van der Waals surface area contributed by atoms with E-state index in [0.717, 1.165) is 29.5 Å². The molecule has 0 saturated heterocycles.